The summed E-state index contributed by atoms with van der Waals surface area (Å²) in [5.41, 5.74) is 0. The summed E-state index contributed by atoms with van der Waals surface area (Å²) in [4.78, 5) is 36.3. The van der Waals surface area contributed by atoms with Crippen LogP contribution < -0.4 is 0 Å². The minimum absolute atomic E-state index is 0.139. The highest BCUT2D eigenvalue weighted by Crippen LogP contribution is 2.38. The van der Waals surface area contributed by atoms with Gasteiger partial charge in [0.05, 0.1) is 6.61 Å². The Morgan fingerprint density at radius 3 is 2.50 bits per heavy atom. The van der Waals surface area contributed by atoms with Crippen molar-refractivity contribution in [1.82, 2.24) is 0 Å². The molecule has 4 heteroatoms. The Hall–Kier alpha value is -1.19. The Balaban J connectivity index is 2.72. The zero-order valence-electron chi connectivity index (χ0n) is 14.2. The van der Waals surface area contributed by atoms with Gasteiger partial charge in [0.25, 0.3) is 0 Å². The summed E-state index contributed by atoms with van der Waals surface area (Å²) < 4.78 is 5.18. The Morgan fingerprint density at radius 2 is 1.91 bits per heavy atom. The van der Waals surface area contributed by atoms with Crippen LogP contribution in [0.4, 0.5) is 0 Å². The van der Waals surface area contributed by atoms with E-state index in [2.05, 4.69) is 6.92 Å². The number of Topliss-reactive ketones (excluding diaryl/α,β-unsaturated/α-hetero) is 2. The van der Waals surface area contributed by atoms with Crippen LogP contribution in [0.15, 0.2) is 0 Å². The molecule has 0 bridgehead atoms. The number of ketones is 2. The number of unbranched alkanes of at least 4 members (excludes halogenated alkanes) is 3. The first-order chi connectivity index (χ1) is 10.5. The van der Waals surface area contributed by atoms with E-state index in [1.165, 1.54) is 13.3 Å². The molecule has 1 aliphatic rings. The molecular weight excluding hydrogens is 280 g/mol. The summed E-state index contributed by atoms with van der Waals surface area (Å²) in [5, 5.41) is 0. The van der Waals surface area contributed by atoms with Gasteiger partial charge in [-0.05, 0) is 32.1 Å². The van der Waals surface area contributed by atoms with Gasteiger partial charge in [-0.25, -0.2) is 0 Å². The average Bonchev–Trinajstić information content (AvgIpc) is 2.82. The van der Waals surface area contributed by atoms with Gasteiger partial charge < -0.3 is 4.74 Å². The van der Waals surface area contributed by atoms with Crippen LogP contribution >= 0.6 is 0 Å². The molecule has 1 saturated carbocycles. The van der Waals surface area contributed by atoms with Crippen molar-refractivity contribution in [2.24, 2.45) is 17.8 Å². The summed E-state index contributed by atoms with van der Waals surface area (Å²) >= 11 is 0. The Kier molecular flexibility index (Phi) is 8.36. The van der Waals surface area contributed by atoms with Crippen molar-refractivity contribution in [3.8, 4) is 0 Å². The number of carbonyl (C=O) groups excluding carboxylic acids is 3. The molecule has 1 aliphatic carbocycles. The molecule has 4 nitrogen and oxygen atoms in total. The third kappa shape index (κ3) is 5.22. The second-order valence-corrected chi connectivity index (χ2v) is 6.38. The molecule has 3 unspecified atom stereocenters. The monoisotopic (exact) mass is 310 g/mol. The van der Waals surface area contributed by atoms with Gasteiger partial charge >= 0.3 is 5.97 Å². The van der Waals surface area contributed by atoms with Crippen molar-refractivity contribution in [1.29, 1.82) is 0 Å². The molecule has 1 rings (SSSR count). The molecule has 0 radical (unpaired) electrons. The number of carbonyl (C=O) groups is 3. The lowest BCUT2D eigenvalue weighted by Gasteiger charge is -2.24. The molecule has 0 spiro atoms. The van der Waals surface area contributed by atoms with Crippen LogP contribution in [0.1, 0.15) is 72.1 Å². The topological polar surface area (TPSA) is 60.4 Å². The largest absolute Gasteiger partial charge is 0.465 e. The molecule has 1 fully saturated rings. The van der Waals surface area contributed by atoms with Gasteiger partial charge in [-0.3, -0.25) is 14.4 Å². The highest BCUT2D eigenvalue weighted by molar-refractivity contribution is 5.99. The molecule has 0 saturated heterocycles. The number of hydrogen-bond acceptors (Lipinski definition) is 4. The van der Waals surface area contributed by atoms with Gasteiger partial charge in [0.15, 0.2) is 0 Å². The highest BCUT2D eigenvalue weighted by Gasteiger charge is 2.44. The predicted molar refractivity (Wildman–Crippen MR) is 85.4 cm³/mol. The number of hydrogen-bond donors (Lipinski definition) is 0. The molecule has 0 aromatic rings. The summed E-state index contributed by atoms with van der Waals surface area (Å²) in [7, 11) is 0. The van der Waals surface area contributed by atoms with Gasteiger partial charge in [0, 0.05) is 12.3 Å². The van der Waals surface area contributed by atoms with Gasteiger partial charge in [-0.2, -0.15) is 0 Å². The van der Waals surface area contributed by atoms with Gasteiger partial charge in [-0.1, -0.05) is 39.5 Å². The normalized spacial score (nSPS) is 22.6. The lowest BCUT2D eigenvalue weighted by molar-refractivity contribution is -0.154. The second kappa shape index (κ2) is 9.75. The molecule has 0 heterocycles. The van der Waals surface area contributed by atoms with Gasteiger partial charge in [0.2, 0.25) is 0 Å². The first kappa shape index (κ1) is 18.9. The molecule has 0 aromatic carbocycles. The van der Waals surface area contributed by atoms with Crippen LogP contribution in [0, 0.1) is 17.8 Å². The van der Waals surface area contributed by atoms with Crippen molar-refractivity contribution in [2.45, 2.75) is 72.1 Å². The average molecular weight is 310 g/mol. The van der Waals surface area contributed by atoms with E-state index < -0.39 is 11.9 Å². The fourth-order valence-electron chi connectivity index (χ4n) is 3.43. The quantitative estimate of drug-likeness (QED) is 0.350. The van der Waals surface area contributed by atoms with Crippen molar-refractivity contribution < 1.29 is 19.1 Å². The standard InChI is InChI=1S/C18H30O4/c1-4-6-7-8-9-14-15(10-11-16(14)20)17(13(3)19)18(21)22-12-5-2/h14-15,17H,4-12H2,1-3H3. The lowest BCUT2D eigenvalue weighted by Crippen LogP contribution is -2.35. The van der Waals surface area contributed by atoms with Crippen molar-refractivity contribution in [3.63, 3.8) is 0 Å². The first-order valence-electron chi connectivity index (χ1n) is 8.72. The molecule has 126 valence electrons. The zero-order valence-corrected chi connectivity index (χ0v) is 14.2. The SMILES string of the molecule is CCCCCCC1C(=O)CCC1C(C(C)=O)C(=O)OCCC. The van der Waals surface area contributed by atoms with Crippen molar-refractivity contribution >= 4 is 17.5 Å². The number of esters is 1. The van der Waals surface area contributed by atoms with Crippen LogP contribution in [0.25, 0.3) is 0 Å². The summed E-state index contributed by atoms with van der Waals surface area (Å²) in [5.74, 6) is -1.44. The first-order valence-corrected chi connectivity index (χ1v) is 8.72. The van der Waals surface area contributed by atoms with E-state index in [4.69, 9.17) is 4.74 Å². The smallest absolute Gasteiger partial charge is 0.316 e. The zero-order chi connectivity index (χ0) is 16.5. The maximum Gasteiger partial charge on any atom is 0.316 e. The lowest BCUT2D eigenvalue weighted by atomic mass is 9.79. The van der Waals surface area contributed by atoms with E-state index in [1.54, 1.807) is 0 Å². The summed E-state index contributed by atoms with van der Waals surface area (Å²) in [6.45, 7) is 5.85. The van der Waals surface area contributed by atoms with Gasteiger partial charge in [-0.15, -0.1) is 0 Å². The van der Waals surface area contributed by atoms with E-state index in [1.807, 2.05) is 6.92 Å². The molecule has 0 N–H and O–H groups in total. The maximum absolute atomic E-state index is 12.2. The van der Waals surface area contributed by atoms with Crippen LogP contribution in [0.3, 0.4) is 0 Å². The summed E-state index contributed by atoms with van der Waals surface area (Å²) in [6, 6.07) is 0. The van der Waals surface area contributed by atoms with Crippen LogP contribution in [-0.4, -0.2) is 24.1 Å². The molecule has 0 aromatic heterocycles. The van der Waals surface area contributed by atoms with E-state index in [9.17, 15) is 14.4 Å². The maximum atomic E-state index is 12.2. The molecule has 0 aliphatic heterocycles. The number of ether oxygens (including phenoxy) is 1. The van der Waals surface area contributed by atoms with Crippen LogP contribution in [-0.2, 0) is 19.1 Å². The Labute approximate surface area is 134 Å². The second-order valence-electron chi connectivity index (χ2n) is 6.38. The molecule has 22 heavy (non-hydrogen) atoms. The van der Waals surface area contributed by atoms with Crippen LogP contribution in [0.2, 0.25) is 0 Å². The Bertz CT molecular complexity index is 389. The third-order valence-corrected chi connectivity index (χ3v) is 4.59. The minimum Gasteiger partial charge on any atom is -0.465 e. The van der Waals surface area contributed by atoms with Crippen molar-refractivity contribution in [3.05, 3.63) is 0 Å². The number of rotatable bonds is 10. The minimum atomic E-state index is -0.755. The highest BCUT2D eigenvalue weighted by atomic mass is 16.5. The van der Waals surface area contributed by atoms with E-state index in [-0.39, 0.29) is 23.4 Å². The molecule has 3 atom stereocenters. The van der Waals surface area contributed by atoms with Crippen LogP contribution in [0.5, 0.6) is 0 Å². The third-order valence-electron chi connectivity index (χ3n) is 4.59. The van der Waals surface area contributed by atoms with E-state index in [0.717, 1.165) is 32.1 Å². The molecular formula is C18H30O4. The fourth-order valence-corrected chi connectivity index (χ4v) is 3.43. The fraction of sp³-hybridized carbons (Fsp3) is 0.833. The molecule has 0 amide bonds. The summed E-state index contributed by atoms with van der Waals surface area (Å²) in [6.07, 6.45) is 7.10. The predicted octanol–water partition coefficient (Wildman–Crippen LogP) is 3.71. The van der Waals surface area contributed by atoms with Crippen molar-refractivity contribution in [2.75, 3.05) is 6.61 Å². The Morgan fingerprint density at radius 1 is 1.18 bits per heavy atom. The van der Waals surface area contributed by atoms with E-state index >= 15 is 0 Å². The van der Waals surface area contributed by atoms with E-state index in [0.29, 0.717) is 19.4 Å². The van der Waals surface area contributed by atoms with Gasteiger partial charge in [0.1, 0.15) is 17.5 Å².